The first-order chi connectivity index (χ1) is 7.08. The van der Waals surface area contributed by atoms with Gasteiger partial charge in [0.2, 0.25) is 0 Å². The molecule has 0 aliphatic heterocycles. The van der Waals surface area contributed by atoms with Crippen molar-refractivity contribution in [2.24, 2.45) is 0 Å². The van der Waals surface area contributed by atoms with Gasteiger partial charge in [0.1, 0.15) is 6.23 Å². The van der Waals surface area contributed by atoms with Crippen molar-refractivity contribution in [3.05, 3.63) is 0 Å². The summed E-state index contributed by atoms with van der Waals surface area (Å²) < 4.78 is 13.1. The zero-order valence-electron chi connectivity index (χ0n) is 8.39. The van der Waals surface area contributed by atoms with Crippen LogP contribution in [0.25, 0.3) is 0 Å². The van der Waals surface area contributed by atoms with Crippen molar-refractivity contribution in [2.45, 2.75) is 0 Å². The van der Waals surface area contributed by atoms with Gasteiger partial charge in [-0.3, -0.25) is 14.4 Å². The number of rotatable bonds is 6. The van der Waals surface area contributed by atoms with Gasteiger partial charge in [0.25, 0.3) is 17.7 Å². The summed E-state index contributed by atoms with van der Waals surface area (Å²) in [6.45, 7) is 0.0866. The van der Waals surface area contributed by atoms with E-state index in [-0.39, 0.29) is 6.47 Å². The second kappa shape index (κ2) is 6.14. The summed E-state index contributed by atoms with van der Waals surface area (Å²) in [6, 6.07) is 0. The van der Waals surface area contributed by atoms with E-state index in [0.717, 1.165) is 14.2 Å². The molecule has 15 heavy (non-hydrogen) atoms. The van der Waals surface area contributed by atoms with E-state index in [2.05, 4.69) is 14.2 Å². The standard InChI is InChI=1S/C7H12O7Si/c1-12-6(10)15(4-9,5-14-3-8)7(11)13-2/h3,9H,4-5H2,1-2H3. The molecule has 0 radical (unpaired) electrons. The average molecular weight is 236 g/mol. The third-order valence-electron chi connectivity index (χ3n) is 1.82. The van der Waals surface area contributed by atoms with Crippen LogP contribution < -0.4 is 0 Å². The van der Waals surface area contributed by atoms with Gasteiger partial charge in [0.15, 0.2) is 0 Å². The Kier molecular flexibility index (Phi) is 5.56. The van der Waals surface area contributed by atoms with Crippen LogP contribution >= 0.6 is 0 Å². The summed E-state index contributed by atoms with van der Waals surface area (Å²) >= 11 is 0. The fraction of sp³-hybridized carbons (Fsp3) is 0.571. The molecular weight excluding hydrogens is 224 g/mol. The maximum Gasteiger partial charge on any atom is 0.376 e. The fourth-order valence-corrected chi connectivity index (χ4v) is 2.83. The number of carbonyl (C=O) groups excluding carboxylic acids is 3. The second-order valence-electron chi connectivity index (χ2n) is 2.63. The van der Waals surface area contributed by atoms with Crippen molar-refractivity contribution in [1.29, 1.82) is 0 Å². The minimum absolute atomic E-state index is 0.0866. The number of methoxy groups -OCH3 is 2. The molecule has 0 unspecified atom stereocenters. The van der Waals surface area contributed by atoms with Gasteiger partial charge in [-0.2, -0.15) is 0 Å². The highest BCUT2D eigenvalue weighted by Crippen LogP contribution is 2.10. The zero-order chi connectivity index (χ0) is 11.9. The van der Waals surface area contributed by atoms with E-state index in [4.69, 9.17) is 5.11 Å². The van der Waals surface area contributed by atoms with Gasteiger partial charge in [-0.15, -0.1) is 0 Å². The van der Waals surface area contributed by atoms with Crippen molar-refractivity contribution in [3.8, 4) is 0 Å². The summed E-state index contributed by atoms with van der Waals surface area (Å²) in [5.41, 5.74) is -1.78. The van der Waals surface area contributed by atoms with E-state index in [1.165, 1.54) is 0 Å². The zero-order valence-corrected chi connectivity index (χ0v) is 9.39. The second-order valence-corrected chi connectivity index (χ2v) is 6.22. The van der Waals surface area contributed by atoms with Crippen LogP contribution in [0.15, 0.2) is 0 Å². The highest BCUT2D eigenvalue weighted by molar-refractivity contribution is 7.23. The number of hydrogen-bond donors (Lipinski definition) is 1. The largest absolute Gasteiger partial charge is 0.473 e. The predicted molar refractivity (Wildman–Crippen MR) is 49.7 cm³/mol. The Bertz CT molecular complexity index is 236. The molecule has 0 saturated carbocycles. The Balaban J connectivity index is 4.99. The van der Waals surface area contributed by atoms with E-state index in [1.807, 2.05) is 0 Å². The maximum atomic E-state index is 11.4. The number of aliphatic hydroxyl groups is 1. The van der Waals surface area contributed by atoms with E-state index in [0.29, 0.717) is 0 Å². The third-order valence-corrected chi connectivity index (χ3v) is 4.99. The van der Waals surface area contributed by atoms with E-state index < -0.39 is 31.7 Å². The van der Waals surface area contributed by atoms with Crippen molar-refractivity contribution < 1.29 is 33.7 Å². The van der Waals surface area contributed by atoms with Gasteiger partial charge in [-0.1, -0.05) is 0 Å². The number of ether oxygens (including phenoxy) is 3. The topological polar surface area (TPSA) is 99.1 Å². The van der Waals surface area contributed by atoms with Crippen LogP contribution in [0.5, 0.6) is 0 Å². The van der Waals surface area contributed by atoms with Crippen LogP contribution in [-0.4, -0.2) is 57.5 Å². The van der Waals surface area contributed by atoms with Gasteiger partial charge >= 0.3 is 8.07 Å². The molecule has 0 atom stereocenters. The minimum Gasteiger partial charge on any atom is -0.473 e. The molecule has 0 aromatic carbocycles. The normalized spacial score (nSPS) is 10.3. The summed E-state index contributed by atoms with van der Waals surface area (Å²) in [6.07, 6.45) is -1.23. The number of aliphatic hydroxyl groups excluding tert-OH is 1. The maximum absolute atomic E-state index is 11.4. The highest BCUT2D eigenvalue weighted by Gasteiger charge is 2.54. The van der Waals surface area contributed by atoms with Crippen molar-refractivity contribution >= 4 is 25.7 Å². The van der Waals surface area contributed by atoms with E-state index in [9.17, 15) is 14.4 Å². The smallest absolute Gasteiger partial charge is 0.376 e. The summed E-state index contributed by atoms with van der Waals surface area (Å²) in [4.78, 5) is 32.7. The Morgan fingerprint density at radius 3 is 2.00 bits per heavy atom. The van der Waals surface area contributed by atoms with Crippen LogP contribution in [0.2, 0.25) is 0 Å². The Morgan fingerprint density at radius 2 is 1.73 bits per heavy atom. The lowest BCUT2D eigenvalue weighted by atomic mass is 11.4. The molecule has 0 aromatic heterocycles. The van der Waals surface area contributed by atoms with Gasteiger partial charge in [0.05, 0.1) is 20.4 Å². The molecule has 0 aromatic rings. The Hall–Kier alpha value is -1.41. The Morgan fingerprint density at radius 1 is 1.27 bits per heavy atom. The summed E-state index contributed by atoms with van der Waals surface area (Å²) in [7, 11) is -1.47. The molecule has 0 aliphatic rings. The van der Waals surface area contributed by atoms with Crippen LogP contribution in [0.4, 0.5) is 9.59 Å². The molecule has 0 aliphatic carbocycles. The SMILES string of the molecule is COC(=O)[Si](CO)(COC=O)C(=O)OC. The summed E-state index contributed by atoms with van der Waals surface area (Å²) in [5, 5.41) is 9.07. The number of carbonyl (C=O) groups is 3. The van der Waals surface area contributed by atoms with Crippen molar-refractivity contribution in [3.63, 3.8) is 0 Å². The fourth-order valence-electron chi connectivity index (χ4n) is 0.943. The first-order valence-electron chi connectivity index (χ1n) is 3.92. The Labute approximate surface area is 86.9 Å². The van der Waals surface area contributed by atoms with E-state index >= 15 is 0 Å². The lowest BCUT2D eigenvalue weighted by Gasteiger charge is -2.21. The van der Waals surface area contributed by atoms with Crippen molar-refractivity contribution in [2.75, 3.05) is 26.7 Å². The molecule has 0 heterocycles. The average Bonchev–Trinajstić information content (AvgIpc) is 2.29. The van der Waals surface area contributed by atoms with E-state index in [1.54, 1.807) is 0 Å². The minimum atomic E-state index is -3.62. The van der Waals surface area contributed by atoms with Crippen LogP contribution in [0, 0.1) is 0 Å². The number of hydrogen-bond acceptors (Lipinski definition) is 7. The monoisotopic (exact) mass is 236 g/mol. The predicted octanol–water partition coefficient (Wildman–Crippen LogP) is -0.625. The molecule has 0 bridgehead atoms. The van der Waals surface area contributed by atoms with Crippen LogP contribution in [-0.2, 0) is 19.0 Å². The molecule has 0 fully saturated rings. The van der Waals surface area contributed by atoms with Gasteiger partial charge in [0, 0.05) is 0 Å². The quantitative estimate of drug-likeness (QED) is 0.372. The first-order valence-corrected chi connectivity index (χ1v) is 6.33. The van der Waals surface area contributed by atoms with Gasteiger partial charge < -0.3 is 19.3 Å². The summed E-state index contributed by atoms with van der Waals surface area (Å²) in [5.74, 6) is 0. The lowest BCUT2D eigenvalue weighted by molar-refractivity contribution is -0.127. The molecule has 8 heteroatoms. The molecule has 0 amide bonds. The molecular formula is C7H12O7Si. The van der Waals surface area contributed by atoms with Crippen LogP contribution in [0.3, 0.4) is 0 Å². The van der Waals surface area contributed by atoms with Gasteiger partial charge in [-0.25, -0.2) is 0 Å². The molecule has 1 N–H and O–H groups in total. The van der Waals surface area contributed by atoms with Crippen LogP contribution in [0.1, 0.15) is 0 Å². The lowest BCUT2D eigenvalue weighted by Crippen LogP contribution is -2.60. The third kappa shape index (κ3) is 2.77. The van der Waals surface area contributed by atoms with Gasteiger partial charge in [-0.05, 0) is 0 Å². The molecule has 0 rings (SSSR count). The van der Waals surface area contributed by atoms with Crippen molar-refractivity contribution in [1.82, 2.24) is 0 Å². The molecule has 86 valence electrons. The molecule has 0 saturated heterocycles. The highest BCUT2D eigenvalue weighted by atomic mass is 28.3. The molecule has 0 spiro atoms. The first kappa shape index (κ1) is 13.6. The molecule has 7 nitrogen and oxygen atoms in total.